The summed E-state index contributed by atoms with van der Waals surface area (Å²) in [6, 6.07) is 1.78. The summed E-state index contributed by atoms with van der Waals surface area (Å²) in [4.78, 5) is 24.9. The molecule has 0 bridgehead atoms. The van der Waals surface area contributed by atoms with Crippen molar-refractivity contribution in [1.82, 2.24) is 15.1 Å². The van der Waals surface area contributed by atoms with Gasteiger partial charge in [-0.3, -0.25) is 14.7 Å². The fraction of sp³-hybridized carbons (Fsp3) is 0.643. The minimum Gasteiger partial charge on any atom is -0.481 e. The highest BCUT2D eigenvalue weighted by molar-refractivity contribution is 5.92. The molecule has 1 saturated heterocycles. The van der Waals surface area contributed by atoms with Crippen LogP contribution in [0, 0.1) is 5.92 Å². The molecule has 0 aromatic carbocycles. The number of aromatic nitrogens is 2. The van der Waals surface area contributed by atoms with Crippen molar-refractivity contribution in [1.29, 1.82) is 0 Å². The number of nitrogens with one attached hydrogen (secondary N) is 1. The van der Waals surface area contributed by atoms with Gasteiger partial charge in [0.2, 0.25) is 0 Å². The first-order valence-electron chi connectivity index (χ1n) is 6.87. The fourth-order valence-electron chi connectivity index (χ4n) is 2.31. The Morgan fingerprint density at radius 2 is 1.95 bits per heavy atom. The molecule has 2 heterocycles. The number of amides is 1. The first kappa shape index (κ1) is 14.6. The maximum atomic E-state index is 12.3. The van der Waals surface area contributed by atoms with Crippen molar-refractivity contribution in [2.24, 2.45) is 5.92 Å². The molecule has 0 radical (unpaired) electrons. The molecule has 0 saturated carbocycles. The number of carbonyl (C=O) groups excluding carboxylic acids is 1. The van der Waals surface area contributed by atoms with Crippen molar-refractivity contribution >= 4 is 11.9 Å². The van der Waals surface area contributed by atoms with E-state index in [1.54, 1.807) is 11.0 Å². The van der Waals surface area contributed by atoms with Crippen LogP contribution in [0.5, 0.6) is 0 Å². The Bertz CT molecular complexity index is 508. The standard InChI is InChI=1S/C14H21N3O3/c1-14(2,3)11-8-10(15-16-11)12(18)17-6-4-9(5-7-17)13(19)20/h8-9H,4-7H2,1-3H3,(H,15,16)(H,19,20). The number of piperidine rings is 1. The monoisotopic (exact) mass is 279 g/mol. The van der Waals surface area contributed by atoms with E-state index in [1.807, 2.05) is 20.8 Å². The third-order valence-corrected chi connectivity index (χ3v) is 3.74. The van der Waals surface area contributed by atoms with Crippen LogP contribution in [0.4, 0.5) is 0 Å². The molecule has 0 spiro atoms. The van der Waals surface area contributed by atoms with Gasteiger partial charge >= 0.3 is 5.97 Å². The molecule has 1 aliphatic rings. The number of hydrogen-bond acceptors (Lipinski definition) is 3. The van der Waals surface area contributed by atoms with Crippen LogP contribution in [0.25, 0.3) is 0 Å². The Kier molecular flexibility index (Phi) is 3.83. The zero-order chi connectivity index (χ0) is 14.9. The van der Waals surface area contributed by atoms with E-state index < -0.39 is 5.97 Å². The molecule has 0 aliphatic carbocycles. The number of carbonyl (C=O) groups is 2. The first-order chi connectivity index (χ1) is 9.29. The second-order valence-electron chi connectivity index (χ2n) is 6.32. The Hall–Kier alpha value is -1.85. The molecule has 0 unspecified atom stereocenters. The van der Waals surface area contributed by atoms with Gasteiger partial charge in [0.15, 0.2) is 0 Å². The highest BCUT2D eigenvalue weighted by Gasteiger charge is 2.29. The van der Waals surface area contributed by atoms with Gasteiger partial charge in [0.05, 0.1) is 5.92 Å². The fourth-order valence-corrected chi connectivity index (χ4v) is 2.31. The summed E-state index contributed by atoms with van der Waals surface area (Å²) in [5.74, 6) is -1.23. The van der Waals surface area contributed by atoms with Crippen LogP contribution in [0.3, 0.4) is 0 Å². The normalized spacial score (nSPS) is 17.2. The highest BCUT2D eigenvalue weighted by atomic mass is 16.4. The molecule has 1 aromatic rings. The smallest absolute Gasteiger partial charge is 0.306 e. The minimum absolute atomic E-state index is 0.0815. The van der Waals surface area contributed by atoms with Crippen molar-refractivity contribution in [3.8, 4) is 0 Å². The molecule has 6 heteroatoms. The average Bonchev–Trinajstić information content (AvgIpc) is 2.87. The van der Waals surface area contributed by atoms with E-state index in [-0.39, 0.29) is 17.2 Å². The Morgan fingerprint density at radius 1 is 1.35 bits per heavy atom. The number of aliphatic carboxylic acids is 1. The van der Waals surface area contributed by atoms with Crippen LogP contribution in [-0.2, 0) is 10.2 Å². The maximum absolute atomic E-state index is 12.3. The number of rotatable bonds is 2. The Morgan fingerprint density at radius 3 is 2.40 bits per heavy atom. The highest BCUT2D eigenvalue weighted by Crippen LogP contribution is 2.22. The molecule has 20 heavy (non-hydrogen) atoms. The average molecular weight is 279 g/mol. The number of likely N-dealkylation sites (tertiary alicyclic amines) is 1. The maximum Gasteiger partial charge on any atom is 0.306 e. The van der Waals surface area contributed by atoms with Gasteiger partial charge in [-0.2, -0.15) is 5.10 Å². The molecular formula is C14H21N3O3. The predicted octanol–water partition coefficient (Wildman–Crippen LogP) is 1.64. The summed E-state index contributed by atoms with van der Waals surface area (Å²) in [6.45, 7) is 7.11. The number of carboxylic acid groups (broad SMARTS) is 1. The van der Waals surface area contributed by atoms with Gasteiger partial charge in [-0.1, -0.05) is 20.8 Å². The van der Waals surface area contributed by atoms with E-state index in [0.717, 1.165) is 5.69 Å². The van der Waals surface area contributed by atoms with Crippen molar-refractivity contribution in [3.63, 3.8) is 0 Å². The minimum atomic E-state index is -0.771. The Balaban J connectivity index is 2.02. The second kappa shape index (κ2) is 5.26. The summed E-state index contributed by atoms with van der Waals surface area (Å²) in [5, 5.41) is 15.9. The van der Waals surface area contributed by atoms with E-state index in [4.69, 9.17) is 5.11 Å². The second-order valence-corrected chi connectivity index (χ2v) is 6.32. The topological polar surface area (TPSA) is 86.3 Å². The molecule has 2 rings (SSSR count). The van der Waals surface area contributed by atoms with E-state index in [0.29, 0.717) is 31.6 Å². The lowest BCUT2D eigenvalue weighted by Gasteiger charge is -2.29. The molecule has 1 amide bonds. The van der Waals surface area contributed by atoms with Gasteiger partial charge in [-0.15, -0.1) is 0 Å². The molecule has 110 valence electrons. The van der Waals surface area contributed by atoms with Crippen molar-refractivity contribution < 1.29 is 14.7 Å². The third-order valence-electron chi connectivity index (χ3n) is 3.74. The lowest BCUT2D eigenvalue weighted by Crippen LogP contribution is -2.40. The van der Waals surface area contributed by atoms with Gasteiger partial charge in [-0.25, -0.2) is 0 Å². The number of aromatic amines is 1. The number of hydrogen-bond donors (Lipinski definition) is 2. The van der Waals surface area contributed by atoms with Crippen LogP contribution in [0.1, 0.15) is 49.8 Å². The number of nitrogens with zero attached hydrogens (tertiary/aromatic N) is 2. The summed E-state index contributed by atoms with van der Waals surface area (Å²) in [7, 11) is 0. The lowest BCUT2D eigenvalue weighted by molar-refractivity contribution is -0.143. The van der Waals surface area contributed by atoms with Gasteiger partial charge in [0.25, 0.3) is 5.91 Å². The van der Waals surface area contributed by atoms with E-state index in [2.05, 4.69) is 10.2 Å². The summed E-state index contributed by atoms with van der Waals surface area (Å²) < 4.78 is 0. The first-order valence-corrected chi connectivity index (χ1v) is 6.87. The zero-order valence-electron chi connectivity index (χ0n) is 12.1. The van der Waals surface area contributed by atoms with Crippen LogP contribution in [0.2, 0.25) is 0 Å². The zero-order valence-corrected chi connectivity index (χ0v) is 12.1. The SMILES string of the molecule is CC(C)(C)c1cc(C(=O)N2CCC(C(=O)O)CC2)n[nH]1. The van der Waals surface area contributed by atoms with Gasteiger partial charge in [0, 0.05) is 24.2 Å². The van der Waals surface area contributed by atoms with Gasteiger partial charge in [-0.05, 0) is 18.9 Å². The van der Waals surface area contributed by atoms with Crippen LogP contribution in [-0.4, -0.2) is 45.2 Å². The quantitative estimate of drug-likeness (QED) is 0.861. The lowest BCUT2D eigenvalue weighted by atomic mass is 9.92. The molecule has 1 aromatic heterocycles. The van der Waals surface area contributed by atoms with E-state index >= 15 is 0 Å². The predicted molar refractivity (Wildman–Crippen MR) is 73.6 cm³/mol. The van der Waals surface area contributed by atoms with E-state index in [1.165, 1.54) is 0 Å². The summed E-state index contributed by atoms with van der Waals surface area (Å²) >= 11 is 0. The molecular weight excluding hydrogens is 258 g/mol. The largest absolute Gasteiger partial charge is 0.481 e. The van der Waals surface area contributed by atoms with Crippen molar-refractivity contribution in [2.45, 2.75) is 39.0 Å². The summed E-state index contributed by atoms with van der Waals surface area (Å²) in [6.07, 6.45) is 1.02. The molecule has 6 nitrogen and oxygen atoms in total. The number of carboxylic acids is 1. The summed E-state index contributed by atoms with van der Waals surface area (Å²) in [5.41, 5.74) is 1.24. The number of H-pyrrole nitrogens is 1. The van der Waals surface area contributed by atoms with Crippen molar-refractivity contribution in [3.05, 3.63) is 17.5 Å². The van der Waals surface area contributed by atoms with Gasteiger partial charge in [0.1, 0.15) is 5.69 Å². The Labute approximate surface area is 118 Å². The van der Waals surface area contributed by atoms with E-state index in [9.17, 15) is 9.59 Å². The van der Waals surface area contributed by atoms with Crippen LogP contribution in [0.15, 0.2) is 6.07 Å². The van der Waals surface area contributed by atoms with Gasteiger partial charge < -0.3 is 10.0 Å². The third kappa shape index (κ3) is 3.00. The molecule has 0 atom stereocenters. The van der Waals surface area contributed by atoms with Crippen LogP contribution >= 0.6 is 0 Å². The molecule has 1 fully saturated rings. The molecule has 1 aliphatic heterocycles. The molecule has 2 N–H and O–H groups in total. The van der Waals surface area contributed by atoms with Crippen molar-refractivity contribution in [2.75, 3.05) is 13.1 Å². The van der Waals surface area contributed by atoms with Crippen LogP contribution < -0.4 is 0 Å².